The Labute approximate surface area is 182 Å². The van der Waals surface area contributed by atoms with Gasteiger partial charge in [-0.2, -0.15) is 13.2 Å². The van der Waals surface area contributed by atoms with Crippen LogP contribution in [0.25, 0.3) is 0 Å². The van der Waals surface area contributed by atoms with E-state index in [1.807, 2.05) is 6.07 Å². The molecule has 2 heterocycles. The van der Waals surface area contributed by atoms with Crippen molar-refractivity contribution in [1.82, 2.24) is 15.1 Å². The first-order chi connectivity index (χ1) is 13.0. The highest BCUT2D eigenvalue weighted by molar-refractivity contribution is 14.0. The first-order valence-corrected chi connectivity index (χ1v) is 9.76. The fourth-order valence-electron chi connectivity index (χ4n) is 4.36. The molecule has 2 atom stereocenters. The summed E-state index contributed by atoms with van der Waals surface area (Å²) in [6.07, 6.45) is -1.61. The van der Waals surface area contributed by atoms with E-state index in [1.54, 1.807) is 7.05 Å². The number of hydrogen-bond donors (Lipinski definition) is 1. The van der Waals surface area contributed by atoms with Crippen molar-refractivity contribution in [3.8, 4) is 0 Å². The fourth-order valence-corrected chi connectivity index (χ4v) is 4.36. The third kappa shape index (κ3) is 6.50. The van der Waals surface area contributed by atoms with E-state index in [0.29, 0.717) is 17.9 Å². The summed E-state index contributed by atoms with van der Waals surface area (Å²) in [5.74, 6) is 1.13. The second kappa shape index (κ2) is 10.7. The minimum atomic E-state index is -4.14. The average molecular weight is 510 g/mol. The molecule has 158 valence electrons. The van der Waals surface area contributed by atoms with E-state index in [-0.39, 0.29) is 30.5 Å². The number of fused-ring (bicyclic) bond motifs is 1. The maximum absolute atomic E-state index is 12.4. The Morgan fingerprint density at radius 1 is 1.18 bits per heavy atom. The Morgan fingerprint density at radius 2 is 1.93 bits per heavy atom. The Hall–Kier alpha value is -1.03. The molecule has 0 aromatic heterocycles. The van der Waals surface area contributed by atoms with Gasteiger partial charge in [-0.3, -0.25) is 9.89 Å². The molecule has 0 spiro atoms. The van der Waals surface area contributed by atoms with Crippen LogP contribution in [0.15, 0.2) is 35.3 Å². The molecular formula is C20H30F3IN4. The van der Waals surface area contributed by atoms with Crippen LogP contribution in [0.5, 0.6) is 0 Å². The number of hydrogen-bond acceptors (Lipinski definition) is 2. The van der Waals surface area contributed by atoms with E-state index in [2.05, 4.69) is 44.4 Å². The molecule has 0 amide bonds. The van der Waals surface area contributed by atoms with Gasteiger partial charge >= 0.3 is 6.18 Å². The second-order valence-electron chi connectivity index (χ2n) is 7.50. The lowest BCUT2D eigenvalue weighted by Crippen LogP contribution is -2.56. The summed E-state index contributed by atoms with van der Waals surface area (Å²) < 4.78 is 37.2. The minimum absolute atomic E-state index is 0. The Balaban J connectivity index is 0.00000280. The summed E-state index contributed by atoms with van der Waals surface area (Å²) in [6.45, 7) is 3.66. The van der Waals surface area contributed by atoms with Crippen molar-refractivity contribution >= 4 is 29.9 Å². The van der Waals surface area contributed by atoms with Gasteiger partial charge in [0.25, 0.3) is 0 Å². The van der Waals surface area contributed by atoms with Crippen LogP contribution in [0.2, 0.25) is 0 Å². The molecular weight excluding hydrogens is 480 g/mol. The first-order valence-electron chi connectivity index (χ1n) is 9.76. The lowest BCUT2D eigenvalue weighted by Gasteiger charge is -2.48. The molecule has 0 saturated carbocycles. The SMILES string of the molecule is CN=C(NCCC(F)(F)F)N1CCC2C(CCCN2Cc2ccccc2)C1.I. The number of piperidine rings is 2. The molecule has 2 aliphatic rings. The number of aliphatic imine (C=N–C) groups is 1. The monoisotopic (exact) mass is 510 g/mol. The first kappa shape index (κ1) is 23.3. The molecule has 1 N–H and O–H groups in total. The van der Waals surface area contributed by atoms with Crippen molar-refractivity contribution in [3.05, 3.63) is 35.9 Å². The highest BCUT2D eigenvalue weighted by Crippen LogP contribution is 2.31. The fraction of sp³-hybridized carbons (Fsp3) is 0.650. The zero-order valence-electron chi connectivity index (χ0n) is 16.3. The van der Waals surface area contributed by atoms with Crippen LogP contribution in [-0.4, -0.2) is 61.2 Å². The van der Waals surface area contributed by atoms with Crippen LogP contribution in [0.4, 0.5) is 13.2 Å². The van der Waals surface area contributed by atoms with E-state index >= 15 is 0 Å². The molecule has 4 nitrogen and oxygen atoms in total. The van der Waals surface area contributed by atoms with E-state index in [4.69, 9.17) is 0 Å². The number of guanidine groups is 1. The number of nitrogens with zero attached hydrogens (tertiary/aromatic N) is 3. The van der Waals surface area contributed by atoms with Crippen molar-refractivity contribution in [2.24, 2.45) is 10.9 Å². The van der Waals surface area contributed by atoms with Gasteiger partial charge in [-0.1, -0.05) is 30.3 Å². The number of alkyl halides is 3. The molecule has 0 radical (unpaired) electrons. The number of halogens is 4. The second-order valence-corrected chi connectivity index (χ2v) is 7.50. The largest absolute Gasteiger partial charge is 0.390 e. The summed E-state index contributed by atoms with van der Waals surface area (Å²) >= 11 is 0. The van der Waals surface area contributed by atoms with Gasteiger partial charge in [-0.25, -0.2) is 0 Å². The summed E-state index contributed by atoms with van der Waals surface area (Å²) in [7, 11) is 1.64. The van der Waals surface area contributed by atoms with Crippen molar-refractivity contribution < 1.29 is 13.2 Å². The molecule has 1 aromatic rings. The van der Waals surface area contributed by atoms with E-state index in [0.717, 1.165) is 32.6 Å². The van der Waals surface area contributed by atoms with Gasteiger partial charge < -0.3 is 10.2 Å². The van der Waals surface area contributed by atoms with E-state index in [1.165, 1.54) is 18.4 Å². The predicted molar refractivity (Wildman–Crippen MR) is 117 cm³/mol. The smallest absolute Gasteiger partial charge is 0.356 e. The molecule has 2 aliphatic heterocycles. The van der Waals surface area contributed by atoms with Gasteiger partial charge in [-0.15, -0.1) is 24.0 Å². The highest BCUT2D eigenvalue weighted by Gasteiger charge is 2.36. The van der Waals surface area contributed by atoms with Gasteiger partial charge in [0.15, 0.2) is 5.96 Å². The summed E-state index contributed by atoms with van der Waals surface area (Å²) in [5.41, 5.74) is 1.34. The molecule has 2 saturated heterocycles. The lowest BCUT2D eigenvalue weighted by atomic mass is 9.83. The summed E-state index contributed by atoms with van der Waals surface area (Å²) in [6, 6.07) is 11.1. The molecule has 0 bridgehead atoms. The number of benzene rings is 1. The van der Waals surface area contributed by atoms with Crippen molar-refractivity contribution in [1.29, 1.82) is 0 Å². The van der Waals surface area contributed by atoms with Crippen molar-refractivity contribution in [3.63, 3.8) is 0 Å². The predicted octanol–water partition coefficient (Wildman–Crippen LogP) is 4.12. The van der Waals surface area contributed by atoms with Crippen LogP contribution in [0.3, 0.4) is 0 Å². The van der Waals surface area contributed by atoms with E-state index in [9.17, 15) is 13.2 Å². The van der Waals surface area contributed by atoms with Crippen LogP contribution in [0.1, 0.15) is 31.2 Å². The third-order valence-electron chi connectivity index (χ3n) is 5.61. The molecule has 3 rings (SSSR count). The quantitative estimate of drug-likeness (QED) is 0.376. The maximum atomic E-state index is 12.4. The molecule has 2 unspecified atom stereocenters. The van der Waals surface area contributed by atoms with Crippen LogP contribution < -0.4 is 5.32 Å². The van der Waals surface area contributed by atoms with Gasteiger partial charge in [0, 0.05) is 39.3 Å². The number of nitrogens with one attached hydrogen (secondary N) is 1. The van der Waals surface area contributed by atoms with Gasteiger partial charge in [0.2, 0.25) is 0 Å². The average Bonchev–Trinajstić information content (AvgIpc) is 2.65. The number of rotatable bonds is 4. The molecule has 8 heteroatoms. The van der Waals surface area contributed by atoms with Gasteiger partial charge in [0.1, 0.15) is 0 Å². The molecule has 0 aliphatic carbocycles. The summed E-state index contributed by atoms with van der Waals surface area (Å²) in [4.78, 5) is 8.92. The third-order valence-corrected chi connectivity index (χ3v) is 5.61. The Morgan fingerprint density at radius 3 is 2.61 bits per heavy atom. The van der Waals surface area contributed by atoms with Crippen molar-refractivity contribution in [2.75, 3.05) is 33.2 Å². The Bertz CT molecular complexity index is 624. The van der Waals surface area contributed by atoms with Crippen molar-refractivity contribution in [2.45, 2.75) is 44.4 Å². The topological polar surface area (TPSA) is 30.9 Å². The summed E-state index contributed by atoms with van der Waals surface area (Å²) in [5, 5.41) is 2.88. The Kier molecular flexibility index (Phi) is 8.85. The molecule has 28 heavy (non-hydrogen) atoms. The van der Waals surface area contributed by atoms with E-state index < -0.39 is 12.6 Å². The normalized spacial score (nSPS) is 23.7. The zero-order valence-corrected chi connectivity index (χ0v) is 18.6. The molecule has 1 aromatic carbocycles. The number of likely N-dealkylation sites (tertiary alicyclic amines) is 2. The molecule has 2 fully saturated rings. The minimum Gasteiger partial charge on any atom is -0.356 e. The van der Waals surface area contributed by atoms with Gasteiger partial charge in [0.05, 0.1) is 6.42 Å². The standard InChI is InChI=1S/C20H29F3N4.HI/c1-24-19(25-11-10-20(21,22)23)27-13-9-18-17(15-27)8-5-12-26(18)14-16-6-3-2-4-7-16;/h2-4,6-7,17-18H,5,8-15H2,1H3,(H,24,25);1H. The van der Waals surface area contributed by atoms with Crippen LogP contribution in [-0.2, 0) is 6.54 Å². The zero-order chi connectivity index (χ0) is 19.3. The van der Waals surface area contributed by atoms with Gasteiger partial charge in [-0.05, 0) is 37.3 Å². The van der Waals surface area contributed by atoms with Crippen LogP contribution >= 0.6 is 24.0 Å². The lowest BCUT2D eigenvalue weighted by molar-refractivity contribution is -0.132. The maximum Gasteiger partial charge on any atom is 0.390 e. The highest BCUT2D eigenvalue weighted by atomic mass is 127. The van der Waals surface area contributed by atoms with Crippen LogP contribution in [0, 0.1) is 5.92 Å².